The van der Waals surface area contributed by atoms with Crippen LogP contribution >= 0.6 is 0 Å². The molecule has 0 fully saturated rings. The number of aromatic nitrogens is 3. The van der Waals surface area contributed by atoms with E-state index < -0.39 is 5.97 Å². The molecule has 4 aromatic rings. The van der Waals surface area contributed by atoms with Gasteiger partial charge in [0.2, 0.25) is 5.95 Å². The van der Waals surface area contributed by atoms with Gasteiger partial charge in [0.15, 0.2) is 5.58 Å². The first kappa shape index (κ1) is 13.3. The van der Waals surface area contributed by atoms with Gasteiger partial charge < -0.3 is 14.1 Å². The number of oxazole rings is 1. The molecule has 0 atom stereocenters. The monoisotopic (exact) mass is 308 g/mol. The molecule has 7 heteroatoms. The average Bonchev–Trinajstić information content (AvgIpc) is 3.08. The minimum absolute atomic E-state index is 0.198. The van der Waals surface area contributed by atoms with E-state index in [0.29, 0.717) is 23.1 Å². The molecule has 2 aromatic carbocycles. The van der Waals surface area contributed by atoms with Gasteiger partial charge in [0.05, 0.1) is 16.6 Å². The highest BCUT2D eigenvalue weighted by Crippen LogP contribution is 2.24. The van der Waals surface area contributed by atoms with Crippen molar-refractivity contribution in [2.45, 2.75) is 0 Å². The van der Waals surface area contributed by atoms with Crippen LogP contribution in [0.1, 0.15) is 10.4 Å². The number of carbonyl (C=O) groups is 1. The van der Waals surface area contributed by atoms with E-state index in [1.807, 2.05) is 35.9 Å². The van der Waals surface area contributed by atoms with Gasteiger partial charge in [-0.15, -0.1) is 0 Å². The zero-order valence-corrected chi connectivity index (χ0v) is 12.1. The normalized spacial score (nSPS) is 11.2. The third kappa shape index (κ3) is 2.18. The third-order valence-corrected chi connectivity index (χ3v) is 3.64. The zero-order valence-electron chi connectivity index (χ0n) is 12.1. The van der Waals surface area contributed by atoms with Gasteiger partial charge in [-0.25, -0.2) is 9.78 Å². The lowest BCUT2D eigenvalue weighted by molar-refractivity contribution is 0.0697. The molecule has 114 valence electrons. The second-order valence-corrected chi connectivity index (χ2v) is 5.11. The number of carboxylic acid groups (broad SMARTS) is 1. The molecule has 2 heterocycles. The summed E-state index contributed by atoms with van der Waals surface area (Å²) in [5, 5.41) is 12.1. The van der Waals surface area contributed by atoms with Crippen LogP contribution in [0, 0.1) is 0 Å². The van der Waals surface area contributed by atoms with Crippen LogP contribution < -0.4 is 5.32 Å². The minimum atomic E-state index is -0.981. The molecule has 2 aromatic heterocycles. The predicted molar refractivity (Wildman–Crippen MR) is 85.0 cm³/mol. The first-order valence-corrected chi connectivity index (χ1v) is 6.94. The van der Waals surface area contributed by atoms with Gasteiger partial charge in [-0.1, -0.05) is 12.1 Å². The maximum absolute atomic E-state index is 11.1. The van der Waals surface area contributed by atoms with E-state index in [2.05, 4.69) is 15.3 Å². The molecule has 0 bridgehead atoms. The Kier molecular flexibility index (Phi) is 2.80. The number of nitrogens with one attached hydrogen (secondary N) is 1. The lowest BCUT2D eigenvalue weighted by Crippen LogP contribution is -1.99. The van der Waals surface area contributed by atoms with Crippen LogP contribution in [-0.2, 0) is 7.05 Å². The molecule has 0 saturated carbocycles. The lowest BCUT2D eigenvalue weighted by atomic mass is 10.2. The number of imidazole rings is 1. The minimum Gasteiger partial charge on any atom is -0.478 e. The van der Waals surface area contributed by atoms with Gasteiger partial charge in [0.25, 0.3) is 0 Å². The third-order valence-electron chi connectivity index (χ3n) is 3.64. The fourth-order valence-electron chi connectivity index (χ4n) is 2.47. The summed E-state index contributed by atoms with van der Waals surface area (Å²) in [4.78, 5) is 19.8. The Balaban J connectivity index is 1.76. The lowest BCUT2D eigenvalue weighted by Gasteiger charge is -2.01. The maximum Gasteiger partial charge on any atom is 0.335 e. The highest BCUT2D eigenvalue weighted by molar-refractivity contribution is 5.93. The number of fused-ring (bicyclic) bond motifs is 2. The van der Waals surface area contributed by atoms with E-state index >= 15 is 0 Å². The number of aromatic carboxylic acids is 1. The summed E-state index contributed by atoms with van der Waals surface area (Å²) in [6, 6.07) is 12.6. The molecule has 0 spiro atoms. The maximum atomic E-state index is 11.1. The van der Waals surface area contributed by atoms with Crippen LogP contribution in [0.25, 0.3) is 22.1 Å². The molecule has 0 radical (unpaired) electrons. The first-order chi connectivity index (χ1) is 11.1. The van der Waals surface area contributed by atoms with Gasteiger partial charge in [-0.05, 0) is 30.3 Å². The quantitative estimate of drug-likeness (QED) is 0.604. The average molecular weight is 308 g/mol. The number of hydrogen-bond donors (Lipinski definition) is 2. The molecule has 0 aliphatic carbocycles. The fraction of sp³-hybridized carbons (Fsp3) is 0.0625. The molecule has 7 nitrogen and oxygen atoms in total. The summed E-state index contributed by atoms with van der Waals surface area (Å²) in [7, 11) is 1.83. The topological polar surface area (TPSA) is 93.2 Å². The molecule has 0 aliphatic rings. The first-order valence-electron chi connectivity index (χ1n) is 6.94. The summed E-state index contributed by atoms with van der Waals surface area (Å²) in [5.74, 6) is -0.458. The largest absolute Gasteiger partial charge is 0.478 e. The highest BCUT2D eigenvalue weighted by Gasteiger charge is 2.13. The van der Waals surface area contributed by atoms with Crippen LogP contribution in [0.15, 0.2) is 46.9 Å². The number of nitrogens with zero attached hydrogens (tertiary/aromatic N) is 3. The molecule has 0 amide bonds. The van der Waals surface area contributed by atoms with E-state index in [9.17, 15) is 4.79 Å². The van der Waals surface area contributed by atoms with Crippen molar-refractivity contribution in [1.82, 2.24) is 14.5 Å². The number of benzene rings is 2. The SMILES string of the molecule is Cn1c(Nc2nc3ccccc3o2)nc2cc(C(=O)O)ccc21. The Hall–Kier alpha value is -3.35. The number of anilines is 2. The van der Waals surface area contributed by atoms with Crippen molar-refractivity contribution in [2.75, 3.05) is 5.32 Å². The Bertz CT molecular complexity index is 1020. The van der Waals surface area contributed by atoms with Gasteiger partial charge in [0, 0.05) is 7.05 Å². The summed E-state index contributed by atoms with van der Waals surface area (Å²) in [5.41, 5.74) is 3.03. The van der Waals surface area contributed by atoms with E-state index in [1.54, 1.807) is 12.1 Å². The summed E-state index contributed by atoms with van der Waals surface area (Å²) < 4.78 is 7.43. The van der Waals surface area contributed by atoms with Gasteiger partial charge in [0.1, 0.15) is 5.52 Å². The highest BCUT2D eigenvalue weighted by atomic mass is 16.4. The zero-order chi connectivity index (χ0) is 16.0. The van der Waals surface area contributed by atoms with Gasteiger partial charge in [-0.3, -0.25) is 5.32 Å². The summed E-state index contributed by atoms with van der Waals surface area (Å²) in [6.45, 7) is 0. The van der Waals surface area contributed by atoms with Crippen LogP contribution in [0.2, 0.25) is 0 Å². The van der Waals surface area contributed by atoms with E-state index in [0.717, 1.165) is 11.0 Å². The van der Waals surface area contributed by atoms with Crippen LogP contribution in [0.4, 0.5) is 12.0 Å². The van der Waals surface area contributed by atoms with E-state index in [-0.39, 0.29) is 5.56 Å². The predicted octanol–water partition coefficient (Wildman–Crippen LogP) is 3.16. The van der Waals surface area contributed by atoms with Crippen LogP contribution in [-0.4, -0.2) is 25.6 Å². The van der Waals surface area contributed by atoms with Gasteiger partial charge >= 0.3 is 12.0 Å². The standard InChI is InChI=1S/C16H12N4O3/c1-20-12-7-6-9(14(21)22)8-11(12)17-15(20)19-16-18-10-4-2-3-5-13(10)23-16/h2-8H,1H3,(H,21,22)(H,17,18,19). The number of aryl methyl sites for hydroxylation is 1. The number of para-hydroxylation sites is 2. The molecule has 2 N–H and O–H groups in total. The number of hydrogen-bond acceptors (Lipinski definition) is 5. The molecular formula is C16H12N4O3. The van der Waals surface area contributed by atoms with E-state index in [1.165, 1.54) is 6.07 Å². The molecule has 0 saturated heterocycles. The number of rotatable bonds is 3. The molecule has 0 aliphatic heterocycles. The fourth-order valence-corrected chi connectivity index (χ4v) is 2.47. The summed E-state index contributed by atoms with van der Waals surface area (Å²) >= 11 is 0. The van der Waals surface area contributed by atoms with Crippen LogP contribution in [0.5, 0.6) is 0 Å². The van der Waals surface area contributed by atoms with Crippen molar-refractivity contribution in [3.8, 4) is 0 Å². The molecular weight excluding hydrogens is 296 g/mol. The van der Waals surface area contributed by atoms with Crippen molar-refractivity contribution in [3.63, 3.8) is 0 Å². The Labute approximate surface area is 130 Å². The molecule has 23 heavy (non-hydrogen) atoms. The second kappa shape index (κ2) is 4.84. The Morgan fingerprint density at radius 3 is 2.78 bits per heavy atom. The smallest absolute Gasteiger partial charge is 0.335 e. The van der Waals surface area contributed by atoms with Crippen LogP contribution in [0.3, 0.4) is 0 Å². The van der Waals surface area contributed by atoms with Gasteiger partial charge in [-0.2, -0.15) is 4.98 Å². The number of carboxylic acids is 1. The van der Waals surface area contributed by atoms with Crippen molar-refractivity contribution in [3.05, 3.63) is 48.0 Å². The summed E-state index contributed by atoms with van der Waals surface area (Å²) in [6.07, 6.45) is 0. The van der Waals surface area contributed by atoms with E-state index in [4.69, 9.17) is 9.52 Å². The Morgan fingerprint density at radius 1 is 1.17 bits per heavy atom. The van der Waals surface area contributed by atoms with Crippen molar-refractivity contribution < 1.29 is 14.3 Å². The van der Waals surface area contributed by atoms with Crippen molar-refractivity contribution in [2.24, 2.45) is 7.05 Å². The Morgan fingerprint density at radius 2 is 2.00 bits per heavy atom. The van der Waals surface area contributed by atoms with Crippen molar-refractivity contribution >= 4 is 40.1 Å². The molecule has 4 rings (SSSR count). The van der Waals surface area contributed by atoms with Crippen molar-refractivity contribution in [1.29, 1.82) is 0 Å². The molecule has 0 unspecified atom stereocenters. The second-order valence-electron chi connectivity index (χ2n) is 5.11.